The molecule has 0 aromatic heterocycles. The molecule has 1 aliphatic heterocycles. The summed E-state index contributed by atoms with van der Waals surface area (Å²) in [5, 5.41) is 12.6. The van der Waals surface area contributed by atoms with Gasteiger partial charge in [-0.3, -0.25) is 9.69 Å². The second-order valence-electron chi connectivity index (χ2n) is 8.70. The van der Waals surface area contributed by atoms with E-state index in [-0.39, 0.29) is 17.5 Å². The smallest absolute Gasteiger partial charge is 0.266 e. The number of benzene rings is 3. The second-order valence-corrected chi connectivity index (χ2v) is 8.70. The molecule has 0 atom stereocenters. The quantitative estimate of drug-likeness (QED) is 0.260. The van der Waals surface area contributed by atoms with E-state index in [1.165, 1.54) is 17.3 Å². The van der Waals surface area contributed by atoms with Gasteiger partial charge >= 0.3 is 0 Å². The maximum absolute atomic E-state index is 13.0. The van der Waals surface area contributed by atoms with E-state index in [9.17, 15) is 10.1 Å². The van der Waals surface area contributed by atoms with E-state index >= 15 is 0 Å². The summed E-state index contributed by atoms with van der Waals surface area (Å²) in [4.78, 5) is 17.2. The normalized spacial score (nSPS) is 14.2. The number of carbonyl (C=O) groups excluding carboxylic acids is 1. The Morgan fingerprint density at radius 3 is 2.03 bits per heavy atom. The number of nitrogens with one attached hydrogen (secondary N) is 1. The van der Waals surface area contributed by atoms with Crippen LogP contribution in [0.4, 0.5) is 0 Å². The third-order valence-electron chi connectivity index (χ3n) is 6.37. The van der Waals surface area contributed by atoms with Crippen LogP contribution in [0.2, 0.25) is 0 Å². The molecule has 1 heterocycles. The number of rotatable bonds is 10. The van der Waals surface area contributed by atoms with Crippen LogP contribution in [0.5, 0.6) is 11.5 Å². The van der Waals surface area contributed by atoms with Crippen LogP contribution in [0.25, 0.3) is 0 Å². The maximum atomic E-state index is 13.0. The highest BCUT2D eigenvalue weighted by molar-refractivity contribution is 5.97. The minimum absolute atomic E-state index is 0.0977. The van der Waals surface area contributed by atoms with Gasteiger partial charge in [-0.05, 0) is 35.4 Å². The van der Waals surface area contributed by atoms with Gasteiger partial charge in [0.25, 0.3) is 5.91 Å². The fourth-order valence-corrected chi connectivity index (χ4v) is 4.45. The number of nitriles is 1. The van der Waals surface area contributed by atoms with Gasteiger partial charge in [0.2, 0.25) is 0 Å². The molecule has 1 N–H and O–H groups in total. The molecule has 0 aliphatic carbocycles. The lowest BCUT2D eigenvalue weighted by molar-refractivity contribution is -0.128. The van der Waals surface area contributed by atoms with Crippen molar-refractivity contribution in [2.24, 2.45) is 0 Å². The zero-order chi connectivity index (χ0) is 25.9. The molecule has 1 saturated heterocycles. The summed E-state index contributed by atoms with van der Waals surface area (Å²) in [6, 6.07) is 30.4. The average Bonchev–Trinajstić information content (AvgIpc) is 2.97. The van der Waals surface area contributed by atoms with E-state index in [0.29, 0.717) is 26.2 Å². The number of hydrogen-bond acceptors (Lipinski definition) is 6. The van der Waals surface area contributed by atoms with Gasteiger partial charge in [0.1, 0.15) is 29.7 Å². The SMILES string of the molecule is COc1ccc(OCCN/C=C(/C#N)C(=O)N2CCN(C(c3ccccc3)c3ccccc3)CC2)cc1. The summed E-state index contributed by atoms with van der Waals surface area (Å²) in [6.07, 6.45) is 1.49. The minimum atomic E-state index is -0.248. The van der Waals surface area contributed by atoms with Crippen molar-refractivity contribution in [2.45, 2.75) is 6.04 Å². The van der Waals surface area contributed by atoms with Crippen molar-refractivity contribution in [1.29, 1.82) is 5.26 Å². The summed E-state index contributed by atoms with van der Waals surface area (Å²) in [5.74, 6) is 1.24. The van der Waals surface area contributed by atoms with Gasteiger partial charge in [0.15, 0.2) is 0 Å². The molecule has 0 radical (unpaired) electrons. The lowest BCUT2D eigenvalue weighted by Gasteiger charge is -2.39. The van der Waals surface area contributed by atoms with Crippen molar-refractivity contribution in [3.05, 3.63) is 108 Å². The Balaban J connectivity index is 1.30. The number of hydrogen-bond donors (Lipinski definition) is 1. The molecule has 1 aliphatic rings. The van der Waals surface area contributed by atoms with Crippen molar-refractivity contribution in [3.63, 3.8) is 0 Å². The Bertz CT molecular complexity index is 1160. The number of methoxy groups -OCH3 is 1. The topological polar surface area (TPSA) is 77.8 Å². The van der Waals surface area contributed by atoms with Gasteiger partial charge in [-0.15, -0.1) is 0 Å². The number of piperazine rings is 1. The molecule has 4 rings (SSSR count). The first-order chi connectivity index (χ1) is 18.2. The predicted octanol–water partition coefficient (Wildman–Crippen LogP) is 4.00. The van der Waals surface area contributed by atoms with E-state index < -0.39 is 0 Å². The van der Waals surface area contributed by atoms with Gasteiger partial charge < -0.3 is 19.7 Å². The fraction of sp³-hybridized carbons (Fsp3) is 0.267. The van der Waals surface area contributed by atoms with Crippen LogP contribution in [-0.4, -0.2) is 62.1 Å². The van der Waals surface area contributed by atoms with E-state index in [1.54, 1.807) is 12.0 Å². The summed E-state index contributed by atoms with van der Waals surface area (Å²) in [5.41, 5.74) is 2.56. The van der Waals surface area contributed by atoms with Crippen LogP contribution in [-0.2, 0) is 4.79 Å². The van der Waals surface area contributed by atoms with Gasteiger partial charge in [0, 0.05) is 38.9 Å². The van der Waals surface area contributed by atoms with Gasteiger partial charge in [0.05, 0.1) is 13.2 Å². The van der Waals surface area contributed by atoms with Crippen molar-refractivity contribution >= 4 is 5.91 Å². The third kappa shape index (κ3) is 6.90. The molecule has 0 spiro atoms. The molecule has 7 heteroatoms. The molecule has 1 amide bonds. The molecule has 7 nitrogen and oxygen atoms in total. The summed E-state index contributed by atoms with van der Waals surface area (Å²) in [6.45, 7) is 3.44. The van der Waals surface area contributed by atoms with Crippen molar-refractivity contribution in [1.82, 2.24) is 15.1 Å². The van der Waals surface area contributed by atoms with Gasteiger partial charge in [-0.25, -0.2) is 0 Å². The van der Waals surface area contributed by atoms with E-state index in [0.717, 1.165) is 24.6 Å². The molecule has 0 saturated carbocycles. The summed E-state index contributed by atoms with van der Waals surface area (Å²) < 4.78 is 10.8. The van der Waals surface area contributed by atoms with E-state index in [2.05, 4.69) is 58.7 Å². The largest absolute Gasteiger partial charge is 0.497 e. The first kappa shape index (κ1) is 25.8. The Labute approximate surface area is 218 Å². The molecule has 37 heavy (non-hydrogen) atoms. The highest BCUT2D eigenvalue weighted by atomic mass is 16.5. The van der Waals surface area contributed by atoms with Gasteiger partial charge in [-0.1, -0.05) is 60.7 Å². The molecule has 1 fully saturated rings. The molecule has 0 unspecified atom stereocenters. The Morgan fingerprint density at radius 2 is 1.49 bits per heavy atom. The average molecular weight is 497 g/mol. The molecule has 3 aromatic rings. The standard InChI is InChI=1S/C30H32N4O3/c1-36-27-12-14-28(15-13-27)37-21-16-32-23-26(22-31)30(35)34-19-17-33(18-20-34)29(24-8-4-2-5-9-24)25-10-6-3-7-11-25/h2-15,23,29,32H,16-21H2,1H3/b26-23-. The number of carbonyl (C=O) groups is 1. The van der Waals surface area contributed by atoms with E-state index in [1.807, 2.05) is 42.5 Å². The molecular weight excluding hydrogens is 464 g/mol. The van der Waals surface area contributed by atoms with Crippen LogP contribution in [0.15, 0.2) is 96.7 Å². The molecule has 0 bridgehead atoms. The Morgan fingerprint density at radius 1 is 0.919 bits per heavy atom. The Kier molecular flexibility index (Phi) is 9.17. The van der Waals surface area contributed by atoms with Crippen LogP contribution in [0.3, 0.4) is 0 Å². The predicted molar refractivity (Wildman–Crippen MR) is 143 cm³/mol. The highest BCUT2D eigenvalue weighted by Gasteiger charge is 2.29. The lowest BCUT2D eigenvalue weighted by Crippen LogP contribution is -2.50. The third-order valence-corrected chi connectivity index (χ3v) is 6.37. The molecule has 190 valence electrons. The van der Waals surface area contributed by atoms with Crippen LogP contribution in [0.1, 0.15) is 17.2 Å². The number of amides is 1. The van der Waals surface area contributed by atoms with Crippen LogP contribution < -0.4 is 14.8 Å². The maximum Gasteiger partial charge on any atom is 0.266 e. The second kappa shape index (κ2) is 13.1. The first-order valence-electron chi connectivity index (χ1n) is 12.4. The van der Waals surface area contributed by atoms with Gasteiger partial charge in [-0.2, -0.15) is 5.26 Å². The number of nitrogens with zero attached hydrogens (tertiary/aromatic N) is 3. The zero-order valence-corrected chi connectivity index (χ0v) is 21.0. The first-order valence-corrected chi connectivity index (χ1v) is 12.4. The zero-order valence-electron chi connectivity index (χ0n) is 21.0. The van der Waals surface area contributed by atoms with Crippen LogP contribution in [0, 0.1) is 11.3 Å². The summed E-state index contributed by atoms with van der Waals surface area (Å²) >= 11 is 0. The minimum Gasteiger partial charge on any atom is -0.497 e. The highest BCUT2D eigenvalue weighted by Crippen LogP contribution is 2.29. The van der Waals surface area contributed by atoms with Crippen molar-refractivity contribution in [2.75, 3.05) is 46.4 Å². The number of ether oxygens (including phenoxy) is 2. The fourth-order valence-electron chi connectivity index (χ4n) is 4.45. The van der Waals surface area contributed by atoms with Crippen molar-refractivity contribution < 1.29 is 14.3 Å². The molecule has 3 aromatic carbocycles. The van der Waals surface area contributed by atoms with Crippen molar-refractivity contribution in [3.8, 4) is 17.6 Å². The van der Waals surface area contributed by atoms with Crippen LogP contribution >= 0.6 is 0 Å². The lowest BCUT2D eigenvalue weighted by atomic mass is 9.96. The Hall–Kier alpha value is -4.28. The molecular formula is C30H32N4O3. The monoisotopic (exact) mass is 496 g/mol. The summed E-state index contributed by atoms with van der Waals surface area (Å²) in [7, 11) is 1.62. The van der Waals surface area contributed by atoms with E-state index in [4.69, 9.17) is 9.47 Å².